The van der Waals surface area contributed by atoms with Crippen molar-refractivity contribution in [1.29, 1.82) is 0 Å². The van der Waals surface area contributed by atoms with Gasteiger partial charge in [0.25, 0.3) is 0 Å². The van der Waals surface area contributed by atoms with Gasteiger partial charge in [-0.25, -0.2) is 13.6 Å². The predicted octanol–water partition coefficient (Wildman–Crippen LogP) is 0.349. The molecule has 1 amide bonds. The van der Waals surface area contributed by atoms with E-state index >= 15 is 0 Å². The van der Waals surface area contributed by atoms with Gasteiger partial charge < -0.3 is 10.6 Å². The van der Waals surface area contributed by atoms with Gasteiger partial charge in [0.05, 0.1) is 6.20 Å². The summed E-state index contributed by atoms with van der Waals surface area (Å²) in [7, 11) is -3.74. The number of aromatic nitrogens is 2. The third-order valence-corrected chi connectivity index (χ3v) is 5.11. The Balaban J connectivity index is 1.60. The first kappa shape index (κ1) is 18.9. The van der Waals surface area contributed by atoms with Crippen molar-refractivity contribution in [2.24, 2.45) is 5.14 Å². The highest BCUT2D eigenvalue weighted by molar-refractivity contribution is 7.89. The van der Waals surface area contributed by atoms with Crippen molar-refractivity contribution in [3.8, 4) is 0 Å². The van der Waals surface area contributed by atoms with Gasteiger partial charge in [0.15, 0.2) is 0 Å². The second-order valence-corrected chi connectivity index (χ2v) is 7.79. The highest BCUT2D eigenvalue weighted by Gasteiger charge is 2.12. The zero-order valence-electron chi connectivity index (χ0n) is 13.9. The first-order valence-corrected chi connectivity index (χ1v) is 10.0. The smallest absolute Gasteiger partial charge is 0.241 e. The van der Waals surface area contributed by atoms with E-state index in [4.69, 9.17) is 5.14 Å². The van der Waals surface area contributed by atoms with Gasteiger partial charge in [-0.2, -0.15) is 5.10 Å². The van der Waals surface area contributed by atoms with Crippen LogP contribution in [-0.2, 0) is 21.4 Å². The van der Waals surface area contributed by atoms with Gasteiger partial charge in [0, 0.05) is 38.3 Å². The summed E-state index contributed by atoms with van der Waals surface area (Å²) < 4.78 is 23.7. The summed E-state index contributed by atoms with van der Waals surface area (Å²) in [5, 5.41) is 15.3. The van der Waals surface area contributed by atoms with Crippen LogP contribution in [0.25, 0.3) is 0 Å². The van der Waals surface area contributed by atoms with E-state index in [9.17, 15) is 13.2 Å². The average Bonchev–Trinajstić information content (AvgIpc) is 2.87. The highest BCUT2D eigenvalue weighted by atomic mass is 32.2. The molecule has 0 aliphatic heterocycles. The first-order chi connectivity index (χ1) is 11.4. The fourth-order valence-corrected chi connectivity index (χ4v) is 3.34. The largest absolute Gasteiger partial charge is 0.355 e. The monoisotopic (exact) mass is 357 g/mol. The highest BCUT2D eigenvalue weighted by Crippen LogP contribution is 2.16. The molecule has 1 aromatic heterocycles. The summed E-state index contributed by atoms with van der Waals surface area (Å²) in [5.74, 6) is -0.0784. The topological polar surface area (TPSA) is 119 Å². The molecule has 0 aromatic carbocycles. The Bertz CT molecular complexity index is 621. The molecular formula is C15H27N5O3S. The molecule has 1 aliphatic rings. The Labute approximate surface area is 143 Å². The predicted molar refractivity (Wildman–Crippen MR) is 90.7 cm³/mol. The third kappa shape index (κ3) is 6.58. The van der Waals surface area contributed by atoms with Crippen molar-refractivity contribution < 1.29 is 13.2 Å². The molecule has 1 aliphatic carbocycles. The first-order valence-electron chi connectivity index (χ1n) is 8.50. The van der Waals surface area contributed by atoms with E-state index in [0.717, 1.165) is 6.54 Å². The van der Waals surface area contributed by atoms with Crippen molar-refractivity contribution in [3.63, 3.8) is 0 Å². The number of carbonyl (C=O) groups is 1. The lowest BCUT2D eigenvalue weighted by molar-refractivity contribution is -0.121. The van der Waals surface area contributed by atoms with E-state index in [1.54, 1.807) is 0 Å². The maximum atomic E-state index is 11.8. The van der Waals surface area contributed by atoms with Crippen LogP contribution in [0.3, 0.4) is 0 Å². The van der Waals surface area contributed by atoms with Crippen LogP contribution < -0.4 is 15.8 Å². The Morgan fingerprint density at radius 2 is 1.96 bits per heavy atom. The van der Waals surface area contributed by atoms with Crippen LogP contribution in [0.15, 0.2) is 17.3 Å². The fraction of sp³-hybridized carbons (Fsp3) is 0.733. The Kier molecular flexibility index (Phi) is 7.19. The van der Waals surface area contributed by atoms with E-state index in [0.29, 0.717) is 19.1 Å². The van der Waals surface area contributed by atoms with E-state index in [-0.39, 0.29) is 17.2 Å². The van der Waals surface area contributed by atoms with Gasteiger partial charge in [0.1, 0.15) is 4.90 Å². The van der Waals surface area contributed by atoms with Gasteiger partial charge in [-0.1, -0.05) is 25.7 Å². The normalized spacial score (nSPS) is 16.7. The van der Waals surface area contributed by atoms with E-state index < -0.39 is 10.0 Å². The van der Waals surface area contributed by atoms with Crippen LogP contribution in [0.4, 0.5) is 0 Å². The van der Waals surface area contributed by atoms with Crippen LogP contribution in [0.1, 0.15) is 44.9 Å². The number of hydrogen-bond donors (Lipinski definition) is 3. The molecule has 2 rings (SSSR count). The lowest BCUT2D eigenvalue weighted by Gasteiger charge is -2.16. The number of nitrogens with zero attached hydrogens (tertiary/aromatic N) is 2. The van der Waals surface area contributed by atoms with Crippen molar-refractivity contribution in [1.82, 2.24) is 20.4 Å². The molecule has 24 heavy (non-hydrogen) atoms. The molecule has 1 heterocycles. The number of rotatable bonds is 8. The SMILES string of the molecule is NS(=O)(=O)c1cnn(CCC(=O)NCCNC2CCCCCC2)c1. The Hall–Kier alpha value is -1.45. The number of sulfonamides is 1. The van der Waals surface area contributed by atoms with Crippen LogP contribution in [0.5, 0.6) is 0 Å². The van der Waals surface area contributed by atoms with Crippen molar-refractivity contribution in [2.45, 2.75) is 62.4 Å². The molecule has 0 atom stereocenters. The van der Waals surface area contributed by atoms with Crippen LogP contribution >= 0.6 is 0 Å². The van der Waals surface area contributed by atoms with Gasteiger partial charge >= 0.3 is 0 Å². The van der Waals surface area contributed by atoms with Crippen molar-refractivity contribution >= 4 is 15.9 Å². The number of nitrogens with two attached hydrogens (primary N) is 1. The summed E-state index contributed by atoms with van der Waals surface area (Å²) >= 11 is 0. The summed E-state index contributed by atoms with van der Waals surface area (Å²) in [6.07, 6.45) is 10.4. The molecule has 1 aromatic rings. The second-order valence-electron chi connectivity index (χ2n) is 6.23. The molecule has 9 heteroatoms. The van der Waals surface area contributed by atoms with Crippen molar-refractivity contribution in [2.75, 3.05) is 13.1 Å². The van der Waals surface area contributed by atoms with Gasteiger partial charge in [-0.15, -0.1) is 0 Å². The molecule has 0 bridgehead atoms. The second kappa shape index (κ2) is 9.14. The summed E-state index contributed by atoms with van der Waals surface area (Å²) in [5.41, 5.74) is 0. The molecule has 136 valence electrons. The number of hydrogen-bond acceptors (Lipinski definition) is 5. The Morgan fingerprint density at radius 3 is 2.58 bits per heavy atom. The van der Waals surface area contributed by atoms with Gasteiger partial charge in [0.2, 0.25) is 15.9 Å². The van der Waals surface area contributed by atoms with Gasteiger partial charge in [-0.05, 0) is 12.8 Å². The number of nitrogens with one attached hydrogen (secondary N) is 2. The van der Waals surface area contributed by atoms with E-state index in [2.05, 4.69) is 15.7 Å². The number of carbonyl (C=O) groups excluding carboxylic acids is 1. The number of amides is 1. The lowest BCUT2D eigenvalue weighted by Crippen LogP contribution is -2.37. The molecule has 1 saturated carbocycles. The summed E-state index contributed by atoms with van der Waals surface area (Å²) in [6.45, 7) is 1.68. The Morgan fingerprint density at radius 1 is 1.25 bits per heavy atom. The third-order valence-electron chi connectivity index (χ3n) is 4.24. The van der Waals surface area contributed by atoms with Crippen LogP contribution in [-0.4, -0.2) is 43.2 Å². The minimum atomic E-state index is -3.74. The summed E-state index contributed by atoms with van der Waals surface area (Å²) in [6, 6.07) is 0.574. The quantitative estimate of drug-likeness (QED) is 0.458. The maximum Gasteiger partial charge on any atom is 0.241 e. The number of primary sulfonamides is 1. The molecule has 0 saturated heterocycles. The van der Waals surface area contributed by atoms with E-state index in [1.165, 1.54) is 55.6 Å². The zero-order chi connectivity index (χ0) is 17.4. The molecule has 1 fully saturated rings. The zero-order valence-corrected chi connectivity index (χ0v) is 14.7. The molecule has 0 radical (unpaired) electrons. The minimum absolute atomic E-state index is 0.0458. The van der Waals surface area contributed by atoms with Crippen LogP contribution in [0.2, 0.25) is 0 Å². The summed E-state index contributed by atoms with van der Waals surface area (Å²) in [4.78, 5) is 11.8. The van der Waals surface area contributed by atoms with Crippen LogP contribution in [0, 0.1) is 0 Å². The molecule has 4 N–H and O–H groups in total. The maximum absolute atomic E-state index is 11.8. The molecular weight excluding hydrogens is 330 g/mol. The fourth-order valence-electron chi connectivity index (χ4n) is 2.88. The molecule has 8 nitrogen and oxygen atoms in total. The van der Waals surface area contributed by atoms with Crippen molar-refractivity contribution in [3.05, 3.63) is 12.4 Å². The van der Waals surface area contributed by atoms with Gasteiger partial charge in [-0.3, -0.25) is 9.48 Å². The standard InChI is InChI=1S/C15H27N5O3S/c16-24(22,23)14-11-19-20(12-14)10-7-15(21)18-9-8-17-13-5-3-1-2-4-6-13/h11-13,17H,1-10H2,(H,18,21)(H2,16,22,23). The molecule has 0 unspecified atom stereocenters. The lowest BCUT2D eigenvalue weighted by atomic mass is 10.1. The van der Waals surface area contributed by atoms with E-state index in [1.807, 2.05) is 0 Å². The molecule has 0 spiro atoms. The minimum Gasteiger partial charge on any atom is -0.355 e. The average molecular weight is 357 g/mol. The number of aryl methyl sites for hydroxylation is 1.